The molecule has 1 heterocycles. The molecule has 0 aromatic carbocycles. The van der Waals surface area contributed by atoms with Gasteiger partial charge in [-0.1, -0.05) is 13.3 Å². The summed E-state index contributed by atoms with van der Waals surface area (Å²) in [6.07, 6.45) is 3.51. The van der Waals surface area contributed by atoms with Crippen LogP contribution in [0.3, 0.4) is 0 Å². The predicted octanol–water partition coefficient (Wildman–Crippen LogP) is 2.07. The number of hydrogen-bond donors (Lipinski definition) is 0. The summed E-state index contributed by atoms with van der Waals surface area (Å²) in [4.78, 5) is 0. The number of rotatable bonds is 5. The first-order valence-corrected chi connectivity index (χ1v) is 7.78. The molecule has 0 aromatic heterocycles. The maximum atomic E-state index is 11.8. The summed E-state index contributed by atoms with van der Waals surface area (Å²) in [5.74, 6) is 1.46. The van der Waals surface area contributed by atoms with Crippen LogP contribution in [0.5, 0.6) is 0 Å². The van der Waals surface area contributed by atoms with Crippen molar-refractivity contribution in [3.05, 3.63) is 0 Å². The monoisotopic (exact) mass is 253 g/mol. The first kappa shape index (κ1) is 13.3. The Bertz CT molecular complexity index is 271. The van der Waals surface area contributed by atoms with Gasteiger partial charge in [0.25, 0.3) is 0 Å². The normalized spacial score (nSPS) is 20.7. The molecule has 0 N–H and O–H groups in total. The lowest BCUT2D eigenvalue weighted by atomic mass is 10.0. The van der Waals surface area contributed by atoms with Crippen molar-refractivity contribution in [3.8, 4) is 0 Å². The fraction of sp³-hybridized carbons (Fsp3) is 1.00. The van der Waals surface area contributed by atoms with Gasteiger partial charge in [-0.05, 0) is 25.2 Å². The standard InChI is InChI=1S/C10H20ClNO2S/c1-2-3-8-15(13,14)12-6-4-10(9-11)5-7-12/h10H,2-9H2,1H3. The average molecular weight is 254 g/mol. The molecule has 0 saturated carbocycles. The minimum absolute atomic E-state index is 0.301. The van der Waals surface area contributed by atoms with Crippen LogP contribution in [0.4, 0.5) is 0 Å². The Morgan fingerprint density at radius 3 is 2.40 bits per heavy atom. The summed E-state index contributed by atoms with van der Waals surface area (Å²) in [5.41, 5.74) is 0. The van der Waals surface area contributed by atoms with Crippen molar-refractivity contribution in [1.82, 2.24) is 4.31 Å². The van der Waals surface area contributed by atoms with Gasteiger partial charge in [0.15, 0.2) is 0 Å². The van der Waals surface area contributed by atoms with E-state index < -0.39 is 10.0 Å². The van der Waals surface area contributed by atoms with E-state index in [0.29, 0.717) is 30.6 Å². The van der Waals surface area contributed by atoms with Crippen LogP contribution in [0.15, 0.2) is 0 Å². The van der Waals surface area contributed by atoms with Crippen LogP contribution in [0.25, 0.3) is 0 Å². The van der Waals surface area contributed by atoms with Crippen LogP contribution in [-0.2, 0) is 10.0 Å². The molecule has 0 atom stereocenters. The third-order valence-electron chi connectivity index (χ3n) is 2.94. The van der Waals surface area contributed by atoms with Gasteiger partial charge in [-0.3, -0.25) is 0 Å². The number of unbranched alkanes of at least 4 members (excludes halogenated alkanes) is 1. The highest BCUT2D eigenvalue weighted by atomic mass is 35.5. The Hall–Kier alpha value is 0.200. The summed E-state index contributed by atoms with van der Waals surface area (Å²) in [7, 11) is -2.99. The number of piperidine rings is 1. The molecule has 0 unspecified atom stereocenters. The number of nitrogens with zero attached hydrogens (tertiary/aromatic N) is 1. The third kappa shape index (κ3) is 3.93. The molecule has 3 nitrogen and oxygen atoms in total. The van der Waals surface area contributed by atoms with Gasteiger partial charge < -0.3 is 0 Å². The van der Waals surface area contributed by atoms with E-state index >= 15 is 0 Å². The summed E-state index contributed by atoms with van der Waals surface area (Å²) in [6.45, 7) is 3.32. The minimum atomic E-state index is -2.99. The zero-order valence-electron chi connectivity index (χ0n) is 9.28. The lowest BCUT2D eigenvalue weighted by Gasteiger charge is -2.30. The van der Waals surface area contributed by atoms with E-state index in [9.17, 15) is 8.42 Å². The van der Waals surface area contributed by atoms with Crippen LogP contribution in [0.2, 0.25) is 0 Å². The second-order valence-electron chi connectivity index (χ2n) is 4.17. The van der Waals surface area contributed by atoms with E-state index in [1.165, 1.54) is 0 Å². The zero-order valence-corrected chi connectivity index (χ0v) is 10.9. The molecule has 0 bridgehead atoms. The first-order valence-electron chi connectivity index (χ1n) is 5.64. The van der Waals surface area contributed by atoms with E-state index in [4.69, 9.17) is 11.6 Å². The summed E-state index contributed by atoms with van der Waals surface area (Å²) < 4.78 is 25.3. The Morgan fingerprint density at radius 1 is 1.33 bits per heavy atom. The van der Waals surface area contributed by atoms with Gasteiger partial charge in [0.2, 0.25) is 10.0 Å². The van der Waals surface area contributed by atoms with E-state index in [-0.39, 0.29) is 0 Å². The second kappa shape index (κ2) is 6.06. The minimum Gasteiger partial charge on any atom is -0.212 e. The fourth-order valence-corrected chi connectivity index (χ4v) is 3.79. The van der Waals surface area contributed by atoms with Crippen molar-refractivity contribution in [2.24, 2.45) is 5.92 Å². The number of halogens is 1. The lowest BCUT2D eigenvalue weighted by Crippen LogP contribution is -2.40. The largest absolute Gasteiger partial charge is 0.214 e. The maximum Gasteiger partial charge on any atom is 0.214 e. The maximum absolute atomic E-state index is 11.8. The van der Waals surface area contributed by atoms with Crippen LogP contribution >= 0.6 is 11.6 Å². The van der Waals surface area contributed by atoms with Gasteiger partial charge in [-0.15, -0.1) is 11.6 Å². The van der Waals surface area contributed by atoms with Crippen molar-refractivity contribution < 1.29 is 8.42 Å². The zero-order chi connectivity index (χ0) is 11.3. The molecule has 1 saturated heterocycles. The van der Waals surface area contributed by atoms with Crippen molar-refractivity contribution in [1.29, 1.82) is 0 Å². The Morgan fingerprint density at radius 2 is 1.93 bits per heavy atom. The molecular weight excluding hydrogens is 234 g/mol. The molecule has 5 heteroatoms. The van der Waals surface area contributed by atoms with E-state index in [0.717, 1.165) is 25.7 Å². The quantitative estimate of drug-likeness (QED) is 0.704. The van der Waals surface area contributed by atoms with Gasteiger partial charge >= 0.3 is 0 Å². The van der Waals surface area contributed by atoms with E-state index in [1.54, 1.807) is 4.31 Å². The number of hydrogen-bond acceptors (Lipinski definition) is 2. The molecule has 0 aliphatic carbocycles. The van der Waals surface area contributed by atoms with Gasteiger partial charge in [-0.2, -0.15) is 0 Å². The Balaban J connectivity index is 2.45. The Labute approximate surface area is 97.8 Å². The Kier molecular flexibility index (Phi) is 5.36. The van der Waals surface area contributed by atoms with Crippen molar-refractivity contribution in [3.63, 3.8) is 0 Å². The molecule has 1 fully saturated rings. The smallest absolute Gasteiger partial charge is 0.212 e. The van der Waals surface area contributed by atoms with Crippen LogP contribution < -0.4 is 0 Å². The van der Waals surface area contributed by atoms with Gasteiger partial charge in [0.05, 0.1) is 5.75 Å². The van der Waals surface area contributed by atoms with Crippen LogP contribution in [-0.4, -0.2) is 37.4 Å². The molecule has 0 radical (unpaired) electrons. The van der Waals surface area contributed by atoms with Crippen molar-refractivity contribution >= 4 is 21.6 Å². The molecule has 1 rings (SSSR count). The summed E-state index contributed by atoms with van der Waals surface area (Å²) in [6, 6.07) is 0. The van der Waals surface area contributed by atoms with Crippen molar-refractivity contribution in [2.75, 3.05) is 24.7 Å². The highest BCUT2D eigenvalue weighted by Gasteiger charge is 2.26. The molecule has 0 spiro atoms. The van der Waals surface area contributed by atoms with Crippen LogP contribution in [0.1, 0.15) is 32.6 Å². The van der Waals surface area contributed by atoms with Crippen LogP contribution in [0, 0.1) is 5.92 Å². The predicted molar refractivity (Wildman–Crippen MR) is 63.7 cm³/mol. The highest BCUT2D eigenvalue weighted by Crippen LogP contribution is 2.21. The first-order chi connectivity index (χ1) is 7.10. The number of alkyl halides is 1. The molecule has 0 amide bonds. The molecular formula is C10H20ClNO2S. The van der Waals surface area contributed by atoms with Crippen molar-refractivity contribution in [2.45, 2.75) is 32.6 Å². The SMILES string of the molecule is CCCCS(=O)(=O)N1CCC(CCl)CC1. The molecule has 1 aliphatic heterocycles. The second-order valence-corrected chi connectivity index (χ2v) is 6.56. The van der Waals surface area contributed by atoms with Gasteiger partial charge in [0.1, 0.15) is 0 Å². The summed E-state index contributed by atoms with van der Waals surface area (Å²) >= 11 is 5.76. The van der Waals surface area contributed by atoms with E-state index in [1.807, 2.05) is 6.92 Å². The van der Waals surface area contributed by atoms with Gasteiger partial charge in [-0.25, -0.2) is 12.7 Å². The summed E-state index contributed by atoms with van der Waals surface area (Å²) in [5, 5.41) is 0. The fourth-order valence-electron chi connectivity index (χ4n) is 1.80. The third-order valence-corrected chi connectivity index (χ3v) is 5.33. The van der Waals surface area contributed by atoms with Gasteiger partial charge in [0, 0.05) is 19.0 Å². The number of sulfonamides is 1. The molecule has 90 valence electrons. The highest BCUT2D eigenvalue weighted by molar-refractivity contribution is 7.89. The van der Waals surface area contributed by atoms with E-state index in [2.05, 4.69) is 0 Å². The molecule has 0 aromatic rings. The molecule has 15 heavy (non-hydrogen) atoms. The average Bonchev–Trinajstić information content (AvgIpc) is 2.26. The topological polar surface area (TPSA) is 37.4 Å². The lowest BCUT2D eigenvalue weighted by molar-refractivity contribution is 0.290. The molecule has 1 aliphatic rings.